The van der Waals surface area contributed by atoms with Crippen LogP contribution in [-0.4, -0.2) is 31.9 Å². The first-order chi connectivity index (χ1) is 8.58. The summed E-state index contributed by atoms with van der Waals surface area (Å²) in [5.41, 5.74) is 1.99. The molecule has 6 heteroatoms. The highest BCUT2D eigenvalue weighted by molar-refractivity contribution is 5.68. The van der Waals surface area contributed by atoms with Gasteiger partial charge in [-0.25, -0.2) is 0 Å². The normalized spacial score (nSPS) is 18.3. The first-order valence-electron chi connectivity index (χ1n) is 6.06. The Morgan fingerprint density at radius 2 is 2.17 bits per heavy atom. The van der Waals surface area contributed by atoms with E-state index in [1.54, 1.807) is 10.9 Å². The maximum absolute atomic E-state index is 10.8. The Labute approximate surface area is 104 Å². The highest BCUT2D eigenvalue weighted by Gasteiger charge is 2.25. The monoisotopic (exact) mass is 252 g/mol. The van der Waals surface area contributed by atoms with Crippen LogP contribution in [0.15, 0.2) is 6.20 Å². The number of aryl methyl sites for hydroxylation is 1. The second-order valence-electron chi connectivity index (χ2n) is 4.60. The van der Waals surface area contributed by atoms with Crippen LogP contribution in [0.3, 0.4) is 0 Å². The van der Waals surface area contributed by atoms with Gasteiger partial charge < -0.3 is 10.2 Å². The number of carbonyl (C=O) groups is 2. The molecule has 0 bridgehead atoms. The third-order valence-corrected chi connectivity index (χ3v) is 3.35. The standard InChI is InChI=1S/C12H16N2O4/c15-11(16)4-5-14-10-3-1-2-8(6-12(17)18)9(10)7-13-14/h7-8H,1-6H2,(H,15,16)(H,17,18). The molecule has 1 atom stereocenters. The van der Waals surface area contributed by atoms with Crippen molar-refractivity contribution in [3.05, 3.63) is 17.5 Å². The van der Waals surface area contributed by atoms with Gasteiger partial charge >= 0.3 is 11.9 Å². The molecule has 1 aliphatic carbocycles. The Balaban J connectivity index is 2.15. The number of carboxylic acid groups (broad SMARTS) is 2. The molecule has 1 aliphatic rings. The summed E-state index contributed by atoms with van der Waals surface area (Å²) in [6.07, 6.45) is 4.51. The van der Waals surface area contributed by atoms with Crippen LogP contribution in [0.2, 0.25) is 0 Å². The predicted octanol–water partition coefficient (Wildman–Crippen LogP) is 1.25. The second-order valence-corrected chi connectivity index (χ2v) is 4.60. The molecular weight excluding hydrogens is 236 g/mol. The van der Waals surface area contributed by atoms with E-state index in [9.17, 15) is 9.59 Å². The Hall–Kier alpha value is -1.85. The average molecular weight is 252 g/mol. The molecule has 0 saturated heterocycles. The number of hydrogen-bond acceptors (Lipinski definition) is 3. The van der Waals surface area contributed by atoms with Gasteiger partial charge in [0.2, 0.25) is 0 Å². The zero-order chi connectivity index (χ0) is 13.1. The van der Waals surface area contributed by atoms with Crippen molar-refractivity contribution in [1.82, 2.24) is 9.78 Å². The van der Waals surface area contributed by atoms with Crippen molar-refractivity contribution in [1.29, 1.82) is 0 Å². The average Bonchev–Trinajstić information content (AvgIpc) is 2.70. The number of carboxylic acids is 2. The van der Waals surface area contributed by atoms with Crippen molar-refractivity contribution in [3.8, 4) is 0 Å². The number of nitrogens with zero attached hydrogens (tertiary/aromatic N) is 2. The number of aromatic nitrogens is 2. The fourth-order valence-corrected chi connectivity index (χ4v) is 2.53. The third kappa shape index (κ3) is 2.69. The molecule has 0 amide bonds. The van der Waals surface area contributed by atoms with Gasteiger partial charge in [-0.05, 0) is 30.7 Å². The summed E-state index contributed by atoms with van der Waals surface area (Å²) in [6.45, 7) is 0.352. The Morgan fingerprint density at radius 1 is 1.39 bits per heavy atom. The highest BCUT2D eigenvalue weighted by atomic mass is 16.4. The summed E-state index contributed by atoms with van der Waals surface area (Å²) in [7, 11) is 0. The second kappa shape index (κ2) is 5.20. The lowest BCUT2D eigenvalue weighted by atomic mass is 9.85. The summed E-state index contributed by atoms with van der Waals surface area (Å²) < 4.78 is 1.71. The van der Waals surface area contributed by atoms with Gasteiger partial charge in [-0.2, -0.15) is 5.10 Å². The van der Waals surface area contributed by atoms with Crippen molar-refractivity contribution < 1.29 is 19.8 Å². The minimum atomic E-state index is -0.850. The van der Waals surface area contributed by atoms with E-state index in [0.717, 1.165) is 30.5 Å². The van der Waals surface area contributed by atoms with Crippen molar-refractivity contribution >= 4 is 11.9 Å². The van der Waals surface area contributed by atoms with Crippen LogP contribution in [0.1, 0.15) is 42.9 Å². The molecule has 1 aromatic rings. The Kier molecular flexibility index (Phi) is 3.64. The van der Waals surface area contributed by atoms with Crippen LogP contribution in [0, 0.1) is 0 Å². The molecule has 6 nitrogen and oxygen atoms in total. The molecule has 0 spiro atoms. The molecule has 0 aromatic carbocycles. The summed E-state index contributed by atoms with van der Waals surface area (Å²) >= 11 is 0. The van der Waals surface area contributed by atoms with Gasteiger partial charge in [-0.1, -0.05) is 0 Å². The summed E-state index contributed by atoms with van der Waals surface area (Å²) in [5, 5.41) is 21.7. The zero-order valence-corrected chi connectivity index (χ0v) is 10.0. The van der Waals surface area contributed by atoms with E-state index in [1.165, 1.54) is 0 Å². The summed E-state index contributed by atoms with van der Waals surface area (Å²) in [5.74, 6) is -1.63. The predicted molar refractivity (Wildman–Crippen MR) is 62.4 cm³/mol. The molecule has 2 N–H and O–H groups in total. The van der Waals surface area contributed by atoms with Crippen LogP contribution in [0.5, 0.6) is 0 Å². The number of aliphatic carboxylic acids is 2. The van der Waals surface area contributed by atoms with Gasteiger partial charge in [0.1, 0.15) is 0 Å². The Morgan fingerprint density at radius 3 is 2.83 bits per heavy atom. The maximum Gasteiger partial charge on any atom is 0.305 e. The molecule has 2 rings (SSSR count). The van der Waals surface area contributed by atoms with Gasteiger partial charge in [0.05, 0.1) is 25.6 Å². The van der Waals surface area contributed by atoms with Crippen molar-refractivity contribution in [3.63, 3.8) is 0 Å². The molecule has 1 aromatic heterocycles. The van der Waals surface area contributed by atoms with Gasteiger partial charge in [0, 0.05) is 5.69 Å². The van der Waals surface area contributed by atoms with Crippen LogP contribution >= 0.6 is 0 Å². The van der Waals surface area contributed by atoms with Crippen LogP contribution < -0.4 is 0 Å². The minimum Gasteiger partial charge on any atom is -0.481 e. The molecule has 1 unspecified atom stereocenters. The molecule has 18 heavy (non-hydrogen) atoms. The van der Waals surface area contributed by atoms with E-state index in [0.29, 0.717) is 6.54 Å². The molecule has 98 valence electrons. The van der Waals surface area contributed by atoms with Crippen molar-refractivity contribution in [2.24, 2.45) is 0 Å². The number of fused-ring (bicyclic) bond motifs is 1. The fourth-order valence-electron chi connectivity index (χ4n) is 2.53. The van der Waals surface area contributed by atoms with E-state index in [2.05, 4.69) is 5.10 Å². The molecule has 0 radical (unpaired) electrons. The van der Waals surface area contributed by atoms with Crippen LogP contribution in [-0.2, 0) is 22.6 Å². The highest BCUT2D eigenvalue weighted by Crippen LogP contribution is 2.33. The van der Waals surface area contributed by atoms with Gasteiger partial charge in [0.25, 0.3) is 0 Å². The molecule has 0 saturated carbocycles. The zero-order valence-electron chi connectivity index (χ0n) is 10.0. The lowest BCUT2D eigenvalue weighted by Gasteiger charge is -2.21. The lowest BCUT2D eigenvalue weighted by molar-refractivity contribution is -0.138. The topological polar surface area (TPSA) is 92.4 Å². The molecule has 1 heterocycles. The van der Waals surface area contributed by atoms with Crippen molar-refractivity contribution in [2.45, 2.75) is 44.6 Å². The largest absolute Gasteiger partial charge is 0.481 e. The molecule has 0 fully saturated rings. The molecule has 0 aliphatic heterocycles. The van der Waals surface area contributed by atoms with E-state index in [-0.39, 0.29) is 18.8 Å². The first-order valence-corrected chi connectivity index (χ1v) is 6.06. The SMILES string of the molecule is O=C(O)CCn1ncc2c1CCCC2CC(=O)O. The van der Waals surface area contributed by atoms with Gasteiger partial charge in [0.15, 0.2) is 0 Å². The Bertz CT molecular complexity index is 467. The first kappa shape index (κ1) is 12.6. The quantitative estimate of drug-likeness (QED) is 0.822. The van der Waals surface area contributed by atoms with Crippen LogP contribution in [0.4, 0.5) is 0 Å². The van der Waals surface area contributed by atoms with E-state index in [1.807, 2.05) is 0 Å². The van der Waals surface area contributed by atoms with E-state index < -0.39 is 11.9 Å². The minimum absolute atomic E-state index is 0.0184. The number of rotatable bonds is 5. The van der Waals surface area contributed by atoms with Gasteiger partial charge in [-0.3, -0.25) is 14.3 Å². The summed E-state index contributed by atoms with van der Waals surface area (Å²) in [4.78, 5) is 21.3. The molecular formula is C12H16N2O4. The maximum atomic E-state index is 10.8. The van der Waals surface area contributed by atoms with E-state index in [4.69, 9.17) is 10.2 Å². The lowest BCUT2D eigenvalue weighted by Crippen LogP contribution is -2.16. The number of hydrogen-bond donors (Lipinski definition) is 2. The van der Waals surface area contributed by atoms with Crippen molar-refractivity contribution in [2.75, 3.05) is 0 Å². The fraction of sp³-hybridized carbons (Fsp3) is 0.583. The van der Waals surface area contributed by atoms with Gasteiger partial charge in [-0.15, -0.1) is 0 Å². The third-order valence-electron chi connectivity index (χ3n) is 3.35. The van der Waals surface area contributed by atoms with Crippen LogP contribution in [0.25, 0.3) is 0 Å². The smallest absolute Gasteiger partial charge is 0.305 e. The summed E-state index contributed by atoms with van der Waals surface area (Å²) in [6, 6.07) is 0. The van der Waals surface area contributed by atoms with E-state index >= 15 is 0 Å².